The van der Waals surface area contributed by atoms with E-state index in [0.717, 1.165) is 17.3 Å². The van der Waals surface area contributed by atoms with Gasteiger partial charge in [0.15, 0.2) is 0 Å². The number of nitrogens with one attached hydrogen (secondary N) is 1. The molecular formula is C13H14N4. The normalized spacial score (nSPS) is 14.6. The van der Waals surface area contributed by atoms with Crippen LogP contribution in [0, 0.1) is 0 Å². The molecule has 0 saturated heterocycles. The van der Waals surface area contributed by atoms with Gasteiger partial charge in [0, 0.05) is 17.7 Å². The van der Waals surface area contributed by atoms with Crippen LogP contribution in [0.3, 0.4) is 0 Å². The third kappa shape index (κ3) is 2.36. The van der Waals surface area contributed by atoms with Gasteiger partial charge in [0.2, 0.25) is 0 Å². The van der Waals surface area contributed by atoms with Crippen LogP contribution >= 0.6 is 0 Å². The summed E-state index contributed by atoms with van der Waals surface area (Å²) in [7, 11) is 0. The number of para-hydroxylation sites is 1. The van der Waals surface area contributed by atoms with Gasteiger partial charge in [0.25, 0.3) is 0 Å². The highest BCUT2D eigenvalue weighted by Gasteiger charge is 2.27. The van der Waals surface area contributed by atoms with Crippen molar-refractivity contribution in [3.05, 3.63) is 42.2 Å². The molecule has 17 heavy (non-hydrogen) atoms. The van der Waals surface area contributed by atoms with Gasteiger partial charge in [-0.3, -0.25) is 0 Å². The van der Waals surface area contributed by atoms with Gasteiger partial charge < -0.3 is 11.1 Å². The standard InChI is InChI=1S/C13H14N4/c14-11-8-12(15-10-4-2-1-3-5-10)17-13(16-11)9-6-7-9/h1-5,8-9H,6-7H2,(H3,14,15,16,17). The maximum Gasteiger partial charge on any atom is 0.136 e. The molecule has 1 aromatic heterocycles. The molecular weight excluding hydrogens is 212 g/mol. The molecule has 1 aliphatic carbocycles. The highest BCUT2D eigenvalue weighted by molar-refractivity contribution is 5.58. The van der Waals surface area contributed by atoms with Crippen LogP contribution in [-0.2, 0) is 0 Å². The van der Waals surface area contributed by atoms with E-state index in [4.69, 9.17) is 5.73 Å². The van der Waals surface area contributed by atoms with Crippen LogP contribution in [0.2, 0.25) is 0 Å². The van der Waals surface area contributed by atoms with Crippen molar-refractivity contribution < 1.29 is 0 Å². The van der Waals surface area contributed by atoms with Gasteiger partial charge in [0.05, 0.1) is 0 Å². The van der Waals surface area contributed by atoms with Gasteiger partial charge in [-0.25, -0.2) is 9.97 Å². The number of hydrogen-bond acceptors (Lipinski definition) is 4. The number of rotatable bonds is 3. The van der Waals surface area contributed by atoms with E-state index >= 15 is 0 Å². The van der Waals surface area contributed by atoms with E-state index in [2.05, 4.69) is 15.3 Å². The summed E-state index contributed by atoms with van der Waals surface area (Å²) in [5.74, 6) is 2.67. The molecule has 4 heteroatoms. The Hall–Kier alpha value is -2.10. The Labute approximate surface area is 99.9 Å². The fourth-order valence-corrected chi connectivity index (χ4v) is 1.74. The van der Waals surface area contributed by atoms with Gasteiger partial charge in [-0.2, -0.15) is 0 Å². The molecule has 0 unspecified atom stereocenters. The van der Waals surface area contributed by atoms with Crippen molar-refractivity contribution in [3.63, 3.8) is 0 Å². The molecule has 1 heterocycles. The van der Waals surface area contributed by atoms with Crippen LogP contribution in [0.1, 0.15) is 24.6 Å². The molecule has 0 aliphatic heterocycles. The third-order valence-electron chi connectivity index (χ3n) is 2.75. The summed E-state index contributed by atoms with van der Waals surface area (Å²) >= 11 is 0. The predicted molar refractivity (Wildman–Crippen MR) is 68.1 cm³/mol. The van der Waals surface area contributed by atoms with Crippen LogP contribution in [0.4, 0.5) is 17.3 Å². The number of hydrogen-bond donors (Lipinski definition) is 2. The van der Waals surface area contributed by atoms with Crippen molar-refractivity contribution >= 4 is 17.3 Å². The molecule has 1 fully saturated rings. The lowest BCUT2D eigenvalue weighted by Gasteiger charge is -2.07. The maximum absolute atomic E-state index is 5.79. The lowest BCUT2D eigenvalue weighted by Crippen LogP contribution is -2.02. The minimum Gasteiger partial charge on any atom is -0.384 e. The molecule has 3 rings (SSSR count). The van der Waals surface area contributed by atoms with Crippen LogP contribution in [0.5, 0.6) is 0 Å². The number of benzene rings is 1. The Balaban J connectivity index is 1.87. The summed E-state index contributed by atoms with van der Waals surface area (Å²) in [6, 6.07) is 11.7. The molecule has 0 spiro atoms. The Morgan fingerprint density at radius 1 is 1.12 bits per heavy atom. The van der Waals surface area contributed by atoms with E-state index in [0.29, 0.717) is 11.7 Å². The van der Waals surface area contributed by atoms with Crippen molar-refractivity contribution in [2.45, 2.75) is 18.8 Å². The van der Waals surface area contributed by atoms with E-state index in [1.165, 1.54) is 12.8 Å². The Bertz CT molecular complexity index is 520. The largest absolute Gasteiger partial charge is 0.384 e. The highest BCUT2D eigenvalue weighted by atomic mass is 15.1. The summed E-state index contributed by atoms with van der Waals surface area (Å²) in [5.41, 5.74) is 6.79. The van der Waals surface area contributed by atoms with Crippen LogP contribution in [-0.4, -0.2) is 9.97 Å². The summed E-state index contributed by atoms with van der Waals surface area (Å²) in [4.78, 5) is 8.75. The lowest BCUT2D eigenvalue weighted by atomic mass is 10.3. The summed E-state index contributed by atoms with van der Waals surface area (Å²) in [6.07, 6.45) is 2.35. The van der Waals surface area contributed by atoms with Crippen LogP contribution < -0.4 is 11.1 Å². The quantitative estimate of drug-likeness (QED) is 0.844. The third-order valence-corrected chi connectivity index (χ3v) is 2.75. The average molecular weight is 226 g/mol. The summed E-state index contributed by atoms with van der Waals surface area (Å²) < 4.78 is 0. The lowest BCUT2D eigenvalue weighted by molar-refractivity contribution is 0.936. The summed E-state index contributed by atoms with van der Waals surface area (Å²) in [5, 5.41) is 3.24. The van der Waals surface area contributed by atoms with Gasteiger partial charge in [0.1, 0.15) is 17.5 Å². The molecule has 2 aromatic rings. The van der Waals surface area contributed by atoms with Crippen LogP contribution in [0.15, 0.2) is 36.4 Å². The zero-order chi connectivity index (χ0) is 11.7. The van der Waals surface area contributed by atoms with Crippen molar-refractivity contribution in [1.82, 2.24) is 9.97 Å². The molecule has 0 atom stereocenters. The Kier molecular flexibility index (Phi) is 2.40. The van der Waals surface area contributed by atoms with E-state index in [1.807, 2.05) is 30.3 Å². The Morgan fingerprint density at radius 3 is 2.59 bits per heavy atom. The zero-order valence-electron chi connectivity index (χ0n) is 9.43. The van der Waals surface area contributed by atoms with Gasteiger partial charge in [-0.1, -0.05) is 18.2 Å². The molecule has 4 nitrogen and oxygen atoms in total. The van der Waals surface area contributed by atoms with E-state index in [9.17, 15) is 0 Å². The minimum absolute atomic E-state index is 0.509. The SMILES string of the molecule is Nc1cc(Nc2ccccc2)nc(C2CC2)n1. The second-order valence-corrected chi connectivity index (χ2v) is 4.30. The minimum atomic E-state index is 0.509. The average Bonchev–Trinajstić information content (AvgIpc) is 3.13. The molecule has 0 bridgehead atoms. The first kappa shape index (κ1) is 10.1. The molecule has 3 N–H and O–H groups in total. The van der Waals surface area contributed by atoms with Crippen molar-refractivity contribution in [1.29, 1.82) is 0 Å². The highest BCUT2D eigenvalue weighted by Crippen LogP contribution is 2.38. The fourth-order valence-electron chi connectivity index (χ4n) is 1.74. The van der Waals surface area contributed by atoms with E-state index < -0.39 is 0 Å². The van der Waals surface area contributed by atoms with Gasteiger partial charge in [-0.15, -0.1) is 0 Å². The number of nitrogens with zero attached hydrogens (tertiary/aromatic N) is 2. The van der Waals surface area contributed by atoms with Crippen molar-refractivity contribution in [2.24, 2.45) is 0 Å². The first-order valence-corrected chi connectivity index (χ1v) is 5.78. The molecule has 0 radical (unpaired) electrons. The topological polar surface area (TPSA) is 63.8 Å². The van der Waals surface area contributed by atoms with Crippen molar-refractivity contribution in [2.75, 3.05) is 11.1 Å². The molecule has 1 saturated carbocycles. The first-order chi connectivity index (χ1) is 8.31. The van der Waals surface area contributed by atoms with Gasteiger partial charge >= 0.3 is 0 Å². The molecule has 0 amide bonds. The van der Waals surface area contributed by atoms with Crippen molar-refractivity contribution in [3.8, 4) is 0 Å². The Morgan fingerprint density at radius 2 is 1.88 bits per heavy atom. The van der Waals surface area contributed by atoms with E-state index in [-0.39, 0.29) is 0 Å². The predicted octanol–water partition coefficient (Wildman–Crippen LogP) is 2.68. The maximum atomic E-state index is 5.79. The first-order valence-electron chi connectivity index (χ1n) is 5.78. The number of nitrogen functional groups attached to an aromatic ring is 1. The molecule has 86 valence electrons. The van der Waals surface area contributed by atoms with E-state index in [1.54, 1.807) is 6.07 Å². The van der Waals surface area contributed by atoms with Crippen LogP contribution in [0.25, 0.3) is 0 Å². The monoisotopic (exact) mass is 226 g/mol. The second-order valence-electron chi connectivity index (χ2n) is 4.30. The van der Waals surface area contributed by atoms with Gasteiger partial charge in [-0.05, 0) is 25.0 Å². The smallest absolute Gasteiger partial charge is 0.136 e. The number of nitrogens with two attached hydrogens (primary N) is 1. The zero-order valence-corrected chi connectivity index (χ0v) is 9.43. The molecule has 1 aliphatic rings. The fraction of sp³-hybridized carbons (Fsp3) is 0.231. The second kappa shape index (κ2) is 4.05. The number of aromatic nitrogens is 2. The summed E-state index contributed by atoms with van der Waals surface area (Å²) in [6.45, 7) is 0. The molecule has 1 aromatic carbocycles. The number of anilines is 3.